The zero-order valence-electron chi connectivity index (χ0n) is 18.8. The van der Waals surface area contributed by atoms with Gasteiger partial charge in [0.2, 0.25) is 5.91 Å². The van der Waals surface area contributed by atoms with E-state index in [1.165, 1.54) is 41.5 Å². The second-order valence-electron chi connectivity index (χ2n) is 8.21. The smallest absolute Gasteiger partial charge is 0.243 e. The van der Waals surface area contributed by atoms with E-state index in [-0.39, 0.29) is 12.5 Å². The Bertz CT molecular complexity index is 872. The molecule has 0 saturated carbocycles. The molecule has 7 nitrogen and oxygen atoms in total. The molecule has 1 saturated heterocycles. The molecular formula is C23H36N6O. The van der Waals surface area contributed by atoms with E-state index >= 15 is 0 Å². The van der Waals surface area contributed by atoms with E-state index in [4.69, 9.17) is 0 Å². The number of nitrogens with zero attached hydrogens (tertiary/aromatic N) is 3. The maximum atomic E-state index is 12.0. The number of aromatic nitrogens is 1. The number of amides is 1. The average Bonchev–Trinajstić information content (AvgIpc) is 3.32. The highest BCUT2D eigenvalue weighted by Gasteiger charge is 2.22. The van der Waals surface area contributed by atoms with Crippen molar-refractivity contribution in [2.24, 2.45) is 4.99 Å². The summed E-state index contributed by atoms with van der Waals surface area (Å²) in [6, 6.07) is 8.94. The van der Waals surface area contributed by atoms with Crippen LogP contribution in [0.2, 0.25) is 0 Å². The molecule has 1 aromatic carbocycles. The largest absolute Gasteiger partial charge is 0.358 e. The first-order valence-corrected chi connectivity index (χ1v) is 11.0. The SMILES string of the molecule is CCN1CCCC1CNC(=NCC(=O)N(C)C)NCCc1c(C)[nH]c2ccccc12. The number of likely N-dealkylation sites (tertiary alicyclic amines) is 1. The quantitative estimate of drug-likeness (QED) is 0.459. The lowest BCUT2D eigenvalue weighted by atomic mass is 10.1. The molecule has 1 unspecified atom stereocenters. The third kappa shape index (κ3) is 5.53. The number of aliphatic imine (C=N–C) groups is 1. The Labute approximate surface area is 179 Å². The normalized spacial score (nSPS) is 17.5. The predicted octanol–water partition coefficient (Wildman–Crippen LogP) is 2.13. The van der Waals surface area contributed by atoms with Gasteiger partial charge in [0.1, 0.15) is 6.54 Å². The first kappa shape index (κ1) is 22.2. The summed E-state index contributed by atoms with van der Waals surface area (Å²) in [7, 11) is 3.52. The number of para-hydroxylation sites is 1. The fraction of sp³-hybridized carbons (Fsp3) is 0.565. The number of fused-ring (bicyclic) bond motifs is 1. The Hall–Kier alpha value is -2.54. The average molecular weight is 413 g/mol. The molecule has 0 radical (unpaired) electrons. The molecule has 1 amide bonds. The van der Waals surface area contributed by atoms with E-state index < -0.39 is 0 Å². The van der Waals surface area contributed by atoms with E-state index in [2.05, 4.69) is 63.6 Å². The van der Waals surface area contributed by atoms with Crippen molar-refractivity contribution in [1.82, 2.24) is 25.4 Å². The number of hydrogen-bond donors (Lipinski definition) is 3. The standard InChI is InChI=1S/C23H36N6O/c1-5-29-14-8-9-18(29)15-25-23(26-16-22(30)28(3)4)24-13-12-19-17(2)27-21-11-7-6-10-20(19)21/h6-7,10-11,18,27H,5,8-9,12-16H2,1-4H3,(H2,24,25,26). The third-order valence-corrected chi connectivity index (χ3v) is 5.98. The molecule has 7 heteroatoms. The molecule has 1 aliphatic heterocycles. The van der Waals surface area contributed by atoms with E-state index in [9.17, 15) is 4.79 Å². The van der Waals surface area contributed by atoms with Crippen molar-refractivity contribution in [2.45, 2.75) is 39.2 Å². The number of aryl methyl sites for hydroxylation is 1. The number of likely N-dealkylation sites (N-methyl/N-ethyl adjacent to an activating group) is 2. The van der Waals surface area contributed by atoms with Gasteiger partial charge in [0.05, 0.1) is 0 Å². The van der Waals surface area contributed by atoms with Crippen molar-refractivity contribution >= 4 is 22.8 Å². The number of H-pyrrole nitrogens is 1. The molecule has 3 rings (SSSR count). The number of carbonyl (C=O) groups excluding carboxylic acids is 1. The van der Waals surface area contributed by atoms with Crippen LogP contribution < -0.4 is 10.6 Å². The molecule has 0 aliphatic carbocycles. The van der Waals surface area contributed by atoms with Crippen LogP contribution in [0.25, 0.3) is 10.9 Å². The van der Waals surface area contributed by atoms with E-state index in [1.54, 1.807) is 19.0 Å². The molecule has 0 spiro atoms. The van der Waals surface area contributed by atoms with Crippen molar-refractivity contribution in [3.63, 3.8) is 0 Å². The summed E-state index contributed by atoms with van der Waals surface area (Å²) < 4.78 is 0. The van der Waals surface area contributed by atoms with Crippen molar-refractivity contribution in [3.8, 4) is 0 Å². The Balaban J connectivity index is 1.61. The Morgan fingerprint density at radius 1 is 1.30 bits per heavy atom. The van der Waals surface area contributed by atoms with Gasteiger partial charge in [-0.05, 0) is 50.9 Å². The van der Waals surface area contributed by atoms with Gasteiger partial charge in [0.25, 0.3) is 0 Å². The fourth-order valence-corrected chi connectivity index (χ4v) is 4.18. The van der Waals surface area contributed by atoms with Crippen LogP contribution in [0.4, 0.5) is 0 Å². The van der Waals surface area contributed by atoms with Crippen molar-refractivity contribution in [2.75, 3.05) is 46.8 Å². The summed E-state index contributed by atoms with van der Waals surface area (Å²) >= 11 is 0. The Kier molecular flexibility index (Phi) is 7.74. The fourth-order valence-electron chi connectivity index (χ4n) is 4.18. The topological polar surface area (TPSA) is 75.8 Å². The maximum absolute atomic E-state index is 12.0. The summed E-state index contributed by atoms with van der Waals surface area (Å²) in [6.07, 6.45) is 3.35. The molecular weight excluding hydrogens is 376 g/mol. The van der Waals surface area contributed by atoms with Gasteiger partial charge >= 0.3 is 0 Å². The molecule has 3 N–H and O–H groups in total. The van der Waals surface area contributed by atoms with Gasteiger partial charge in [0.15, 0.2) is 5.96 Å². The molecule has 30 heavy (non-hydrogen) atoms. The summed E-state index contributed by atoms with van der Waals surface area (Å²) in [4.78, 5) is 24.1. The van der Waals surface area contributed by atoms with Crippen LogP contribution in [-0.2, 0) is 11.2 Å². The van der Waals surface area contributed by atoms with Gasteiger partial charge in [-0.3, -0.25) is 9.69 Å². The summed E-state index contributed by atoms with van der Waals surface area (Å²) in [6.45, 7) is 8.33. The van der Waals surface area contributed by atoms with Crippen LogP contribution >= 0.6 is 0 Å². The molecule has 1 fully saturated rings. The number of guanidine groups is 1. The highest BCUT2D eigenvalue weighted by Crippen LogP contribution is 2.22. The molecule has 1 aromatic heterocycles. The van der Waals surface area contributed by atoms with E-state index in [0.717, 1.165) is 26.1 Å². The molecule has 164 valence electrons. The number of nitrogens with one attached hydrogen (secondary N) is 3. The highest BCUT2D eigenvalue weighted by atomic mass is 16.2. The predicted molar refractivity (Wildman–Crippen MR) is 124 cm³/mol. The lowest BCUT2D eigenvalue weighted by molar-refractivity contribution is -0.127. The zero-order valence-corrected chi connectivity index (χ0v) is 18.8. The minimum atomic E-state index is -0.000348. The van der Waals surface area contributed by atoms with Crippen LogP contribution in [0, 0.1) is 6.92 Å². The summed E-state index contributed by atoms with van der Waals surface area (Å²) in [5.74, 6) is 0.713. The van der Waals surface area contributed by atoms with E-state index in [0.29, 0.717) is 12.0 Å². The first-order valence-electron chi connectivity index (χ1n) is 11.0. The van der Waals surface area contributed by atoms with Gasteiger partial charge in [-0.25, -0.2) is 4.99 Å². The number of carbonyl (C=O) groups is 1. The molecule has 0 bridgehead atoms. The van der Waals surface area contributed by atoms with Crippen molar-refractivity contribution in [3.05, 3.63) is 35.5 Å². The number of benzene rings is 1. The molecule has 2 aromatic rings. The van der Waals surface area contributed by atoms with Crippen LogP contribution in [0.15, 0.2) is 29.3 Å². The Morgan fingerprint density at radius 2 is 2.10 bits per heavy atom. The van der Waals surface area contributed by atoms with Gasteiger partial charge in [-0.15, -0.1) is 0 Å². The van der Waals surface area contributed by atoms with Crippen molar-refractivity contribution < 1.29 is 4.79 Å². The summed E-state index contributed by atoms with van der Waals surface area (Å²) in [5.41, 5.74) is 3.71. The van der Waals surface area contributed by atoms with Crippen LogP contribution in [0.5, 0.6) is 0 Å². The van der Waals surface area contributed by atoms with Gasteiger partial charge in [-0.1, -0.05) is 25.1 Å². The van der Waals surface area contributed by atoms with Crippen LogP contribution in [0.1, 0.15) is 31.0 Å². The van der Waals surface area contributed by atoms with Crippen molar-refractivity contribution in [1.29, 1.82) is 0 Å². The second kappa shape index (κ2) is 10.5. The molecule has 1 aliphatic rings. The third-order valence-electron chi connectivity index (χ3n) is 5.98. The lowest BCUT2D eigenvalue weighted by Gasteiger charge is -2.24. The highest BCUT2D eigenvalue weighted by molar-refractivity contribution is 5.86. The minimum absolute atomic E-state index is 0.000348. The van der Waals surface area contributed by atoms with Gasteiger partial charge in [-0.2, -0.15) is 0 Å². The number of rotatable bonds is 8. The summed E-state index contributed by atoms with van der Waals surface area (Å²) in [5, 5.41) is 8.18. The maximum Gasteiger partial charge on any atom is 0.243 e. The minimum Gasteiger partial charge on any atom is -0.358 e. The van der Waals surface area contributed by atoms with Gasteiger partial charge < -0.3 is 20.5 Å². The first-order chi connectivity index (χ1) is 14.5. The van der Waals surface area contributed by atoms with E-state index in [1.807, 2.05) is 0 Å². The molecule has 1 atom stereocenters. The second-order valence-corrected chi connectivity index (χ2v) is 8.21. The number of aromatic amines is 1. The van der Waals surface area contributed by atoms with Crippen LogP contribution in [0.3, 0.4) is 0 Å². The van der Waals surface area contributed by atoms with Gasteiger partial charge in [0, 0.05) is 49.8 Å². The van der Waals surface area contributed by atoms with Crippen LogP contribution in [-0.4, -0.2) is 79.5 Å². The molecule has 2 heterocycles. The number of hydrogen-bond acceptors (Lipinski definition) is 3. The Morgan fingerprint density at radius 3 is 2.87 bits per heavy atom. The monoisotopic (exact) mass is 412 g/mol. The lowest BCUT2D eigenvalue weighted by Crippen LogP contribution is -2.45. The zero-order chi connectivity index (χ0) is 21.5.